The highest BCUT2D eigenvalue weighted by Crippen LogP contribution is 2.43. The standard InChI is InChI=1S/C55H72N2O9/c1-10-41-42-29-39(20-21-46(42)56-50-43(41)31-57-47(50)30-45-44(52(57)60)32-63-53(61)55(45,62)11-2)64-48(58)25-36(7)26-49(59)65-40-27-37(8)51-38(28-40)22-24-54(9,66-51)23-14-19-35(6)18-13-17-34(5)16-12-15-33(3)4/h20-21,27-30,33-36,62H,10-19,22-26,31-32H2,1-9H3/t34-,35-,36?,54-,55+/m1/s1. The molecule has 2 aromatic carbocycles. The number of ether oxygens (including phenoxy) is 4. The largest absolute Gasteiger partial charge is 0.487 e. The van der Waals surface area contributed by atoms with E-state index in [-0.39, 0.29) is 60.6 Å². The molecular formula is C55H72N2O9. The molecule has 5 heterocycles. The maximum absolute atomic E-state index is 13.7. The number of nitrogens with zero attached hydrogens (tertiary/aromatic N) is 2. The van der Waals surface area contributed by atoms with Gasteiger partial charge >= 0.3 is 17.9 Å². The van der Waals surface area contributed by atoms with Crippen LogP contribution in [0.2, 0.25) is 0 Å². The average molecular weight is 905 g/mol. The molecule has 11 nitrogen and oxygen atoms in total. The summed E-state index contributed by atoms with van der Waals surface area (Å²) in [5.41, 5.74) is 3.73. The van der Waals surface area contributed by atoms with Crippen molar-refractivity contribution in [1.29, 1.82) is 0 Å². The molecule has 0 aliphatic carbocycles. The first-order valence-corrected chi connectivity index (χ1v) is 24.8. The lowest BCUT2D eigenvalue weighted by molar-refractivity contribution is -0.172. The van der Waals surface area contributed by atoms with Gasteiger partial charge in [-0.2, -0.15) is 0 Å². The van der Waals surface area contributed by atoms with Crippen LogP contribution in [0.3, 0.4) is 0 Å². The fourth-order valence-corrected chi connectivity index (χ4v) is 10.5. The fraction of sp³-hybridized carbons (Fsp3) is 0.582. The van der Waals surface area contributed by atoms with Gasteiger partial charge in [0.2, 0.25) is 0 Å². The minimum atomic E-state index is -1.91. The quantitative estimate of drug-likeness (QED) is 0.0592. The third-order valence-corrected chi connectivity index (χ3v) is 14.5. The van der Waals surface area contributed by atoms with Crippen molar-refractivity contribution in [3.63, 3.8) is 0 Å². The van der Waals surface area contributed by atoms with Gasteiger partial charge in [-0.25, -0.2) is 9.78 Å². The molecule has 0 radical (unpaired) electrons. The lowest BCUT2D eigenvalue weighted by atomic mass is 9.85. The van der Waals surface area contributed by atoms with Crippen molar-refractivity contribution in [3.8, 4) is 28.6 Å². The van der Waals surface area contributed by atoms with Crippen molar-refractivity contribution in [2.24, 2.45) is 23.7 Å². The molecule has 4 aromatic rings. The molecule has 66 heavy (non-hydrogen) atoms. The van der Waals surface area contributed by atoms with E-state index in [0.717, 1.165) is 76.8 Å². The average Bonchev–Trinajstić information content (AvgIpc) is 3.62. The number of fused-ring (bicyclic) bond motifs is 6. The zero-order valence-electron chi connectivity index (χ0n) is 40.9. The minimum Gasteiger partial charge on any atom is -0.487 e. The smallest absolute Gasteiger partial charge is 0.343 e. The van der Waals surface area contributed by atoms with Crippen LogP contribution in [0.1, 0.15) is 172 Å². The summed E-state index contributed by atoms with van der Waals surface area (Å²) in [5.74, 6) is 2.11. The summed E-state index contributed by atoms with van der Waals surface area (Å²) in [6, 6.07) is 10.8. The highest BCUT2D eigenvalue weighted by Gasteiger charge is 2.45. The molecule has 11 heteroatoms. The van der Waals surface area contributed by atoms with Crippen LogP contribution in [0.15, 0.2) is 41.2 Å². The number of cyclic esters (lactones) is 1. The number of pyridine rings is 2. The molecule has 1 unspecified atom stereocenters. The van der Waals surface area contributed by atoms with Gasteiger partial charge < -0.3 is 28.6 Å². The minimum absolute atomic E-state index is 0.0155. The van der Waals surface area contributed by atoms with Crippen molar-refractivity contribution in [1.82, 2.24) is 9.55 Å². The van der Waals surface area contributed by atoms with Crippen molar-refractivity contribution in [2.75, 3.05) is 0 Å². The normalized spacial score (nSPS) is 19.8. The van der Waals surface area contributed by atoms with Crippen LogP contribution in [0, 0.1) is 30.6 Å². The number of aromatic nitrogens is 2. The number of esters is 3. The molecule has 7 rings (SSSR count). The van der Waals surface area contributed by atoms with E-state index in [1.165, 1.54) is 44.9 Å². The molecule has 0 amide bonds. The number of benzene rings is 2. The van der Waals surface area contributed by atoms with E-state index in [0.29, 0.717) is 34.8 Å². The van der Waals surface area contributed by atoms with Crippen LogP contribution in [0.5, 0.6) is 17.2 Å². The highest BCUT2D eigenvalue weighted by molar-refractivity contribution is 5.90. The van der Waals surface area contributed by atoms with Crippen LogP contribution in [-0.4, -0.2) is 38.2 Å². The molecule has 2 aromatic heterocycles. The van der Waals surface area contributed by atoms with Crippen LogP contribution in [0.4, 0.5) is 0 Å². The Balaban J connectivity index is 0.900. The second-order valence-electron chi connectivity index (χ2n) is 20.7. The van der Waals surface area contributed by atoms with Gasteiger partial charge in [-0.3, -0.25) is 14.4 Å². The Hall–Kier alpha value is -5.03. The van der Waals surface area contributed by atoms with Gasteiger partial charge in [0, 0.05) is 29.4 Å². The summed E-state index contributed by atoms with van der Waals surface area (Å²) < 4.78 is 25.2. The molecule has 0 saturated carbocycles. The number of aryl methyl sites for hydroxylation is 3. The molecular weight excluding hydrogens is 833 g/mol. The Bertz CT molecular complexity index is 2520. The first-order chi connectivity index (χ1) is 31.4. The van der Waals surface area contributed by atoms with E-state index < -0.39 is 23.5 Å². The topological polar surface area (TPSA) is 143 Å². The summed E-state index contributed by atoms with van der Waals surface area (Å²) in [4.78, 5) is 57.7. The highest BCUT2D eigenvalue weighted by atomic mass is 16.6. The second-order valence-corrected chi connectivity index (χ2v) is 20.7. The van der Waals surface area contributed by atoms with E-state index in [4.69, 9.17) is 23.9 Å². The Kier molecular flexibility index (Phi) is 15.2. The Morgan fingerprint density at radius 2 is 1.52 bits per heavy atom. The van der Waals surface area contributed by atoms with Crippen molar-refractivity contribution >= 4 is 28.8 Å². The summed E-state index contributed by atoms with van der Waals surface area (Å²) in [6.07, 6.45) is 13.9. The first kappa shape index (κ1) is 48.9. The molecule has 3 aliphatic heterocycles. The summed E-state index contributed by atoms with van der Waals surface area (Å²) in [6.45, 7) is 19.3. The third-order valence-electron chi connectivity index (χ3n) is 14.5. The van der Waals surface area contributed by atoms with Gasteiger partial charge in [0.1, 0.15) is 29.5 Å². The lowest BCUT2D eigenvalue weighted by Gasteiger charge is -2.37. The molecule has 0 saturated heterocycles. The van der Waals surface area contributed by atoms with E-state index >= 15 is 0 Å². The Morgan fingerprint density at radius 3 is 2.18 bits per heavy atom. The Labute approximate surface area is 391 Å². The number of rotatable bonds is 20. The molecule has 5 atom stereocenters. The van der Waals surface area contributed by atoms with E-state index in [2.05, 4.69) is 34.6 Å². The molecule has 356 valence electrons. The zero-order chi connectivity index (χ0) is 47.5. The van der Waals surface area contributed by atoms with Crippen LogP contribution < -0.4 is 19.8 Å². The van der Waals surface area contributed by atoms with Gasteiger partial charge in [-0.05, 0) is 129 Å². The van der Waals surface area contributed by atoms with Gasteiger partial charge in [-0.1, -0.05) is 93.4 Å². The van der Waals surface area contributed by atoms with Crippen LogP contribution in [-0.2, 0) is 50.7 Å². The van der Waals surface area contributed by atoms with Gasteiger partial charge in [0.25, 0.3) is 5.56 Å². The summed E-state index contributed by atoms with van der Waals surface area (Å²) in [7, 11) is 0. The third kappa shape index (κ3) is 10.7. The lowest BCUT2D eigenvalue weighted by Crippen LogP contribution is -2.44. The first-order valence-electron chi connectivity index (χ1n) is 24.8. The van der Waals surface area contributed by atoms with E-state index in [9.17, 15) is 24.3 Å². The van der Waals surface area contributed by atoms with Crippen LogP contribution >= 0.6 is 0 Å². The van der Waals surface area contributed by atoms with Crippen molar-refractivity contribution in [2.45, 2.75) is 183 Å². The van der Waals surface area contributed by atoms with Crippen molar-refractivity contribution < 1.29 is 38.4 Å². The zero-order valence-corrected chi connectivity index (χ0v) is 40.9. The van der Waals surface area contributed by atoms with Gasteiger partial charge in [-0.15, -0.1) is 0 Å². The van der Waals surface area contributed by atoms with E-state index in [1.807, 2.05) is 32.9 Å². The summed E-state index contributed by atoms with van der Waals surface area (Å²) >= 11 is 0. The molecule has 0 fully saturated rings. The predicted octanol–water partition coefficient (Wildman–Crippen LogP) is 11.4. The maximum Gasteiger partial charge on any atom is 0.343 e. The van der Waals surface area contributed by atoms with Crippen molar-refractivity contribution in [3.05, 3.63) is 80.1 Å². The number of carbonyl (C=O) groups is 3. The number of aliphatic hydroxyl groups is 1. The second kappa shape index (κ2) is 20.5. The molecule has 3 aliphatic rings. The summed E-state index contributed by atoms with van der Waals surface area (Å²) in [5, 5.41) is 12.0. The SMILES string of the molecule is CCc1c2c(nc3ccc(OC(=O)CC(C)CC(=O)Oc4cc(C)c5c(c4)CC[C@@](C)(CCC[C@H](C)CCC[C@H](C)CCCC(C)C)O5)cc13)-c1cc3c(c(=O)n1C2)COC(=O)[C@]3(O)CC. The molecule has 0 bridgehead atoms. The molecule has 0 spiro atoms. The predicted molar refractivity (Wildman–Crippen MR) is 257 cm³/mol. The number of carbonyl (C=O) groups excluding carboxylic acids is 3. The molecule has 1 N–H and O–H groups in total. The van der Waals surface area contributed by atoms with Crippen LogP contribution in [0.25, 0.3) is 22.3 Å². The monoisotopic (exact) mass is 905 g/mol. The Morgan fingerprint density at radius 1 is 0.848 bits per heavy atom. The van der Waals surface area contributed by atoms with E-state index in [1.54, 1.807) is 35.8 Å². The number of hydrogen-bond acceptors (Lipinski definition) is 10. The van der Waals surface area contributed by atoms with Gasteiger partial charge in [0.05, 0.1) is 29.0 Å². The number of hydrogen-bond donors (Lipinski definition) is 1. The maximum atomic E-state index is 13.7. The van der Waals surface area contributed by atoms with Gasteiger partial charge in [0.15, 0.2) is 5.60 Å². The fourth-order valence-electron chi connectivity index (χ4n) is 10.5.